The quantitative estimate of drug-likeness (QED) is 0.815. The highest BCUT2D eigenvalue weighted by Gasteiger charge is 2.21. The Morgan fingerprint density at radius 2 is 1.75 bits per heavy atom. The Bertz CT molecular complexity index is 330. The van der Waals surface area contributed by atoms with E-state index in [1.807, 2.05) is 0 Å². The molecule has 1 aliphatic carbocycles. The Hall–Kier alpha value is -0.820. The first-order valence-corrected chi connectivity index (χ1v) is 6.42. The molecule has 1 nitrogen and oxygen atoms in total. The fourth-order valence-electron chi connectivity index (χ4n) is 3.03. The lowest BCUT2D eigenvalue weighted by molar-refractivity contribution is 0.143. The van der Waals surface area contributed by atoms with Crippen LogP contribution in [0.2, 0.25) is 0 Å². The zero-order valence-electron chi connectivity index (χ0n) is 10.4. The molecule has 1 aliphatic rings. The van der Waals surface area contributed by atoms with Crippen molar-refractivity contribution in [2.75, 3.05) is 0 Å². The van der Waals surface area contributed by atoms with Crippen molar-refractivity contribution >= 4 is 0 Å². The highest BCUT2D eigenvalue weighted by Crippen LogP contribution is 2.34. The second-order valence-corrected chi connectivity index (χ2v) is 5.21. The Labute approximate surface area is 98.5 Å². The topological polar surface area (TPSA) is 20.2 Å². The predicted molar refractivity (Wildman–Crippen MR) is 67.5 cm³/mol. The fraction of sp³-hybridized carbons (Fsp3) is 0.600. The van der Waals surface area contributed by atoms with E-state index in [9.17, 15) is 5.11 Å². The summed E-state index contributed by atoms with van der Waals surface area (Å²) in [7, 11) is 0. The molecule has 16 heavy (non-hydrogen) atoms. The molecule has 1 atom stereocenters. The molecule has 0 bridgehead atoms. The van der Waals surface area contributed by atoms with Crippen LogP contribution in [0.15, 0.2) is 18.2 Å². The van der Waals surface area contributed by atoms with Crippen molar-refractivity contribution in [3.05, 3.63) is 34.9 Å². The molecule has 1 aromatic carbocycles. The maximum Gasteiger partial charge on any atom is 0.0797 e. The van der Waals surface area contributed by atoms with Crippen molar-refractivity contribution < 1.29 is 5.11 Å². The second kappa shape index (κ2) is 5.01. The van der Waals surface area contributed by atoms with Gasteiger partial charge in [-0.3, -0.25) is 0 Å². The van der Waals surface area contributed by atoms with E-state index in [-0.39, 0.29) is 6.10 Å². The average Bonchev–Trinajstić information content (AvgIpc) is 2.70. The molecule has 1 unspecified atom stereocenters. The Morgan fingerprint density at radius 1 is 1.19 bits per heavy atom. The smallest absolute Gasteiger partial charge is 0.0797 e. The molecule has 1 N–H and O–H groups in total. The van der Waals surface area contributed by atoms with E-state index in [1.165, 1.54) is 36.8 Å². The summed E-state index contributed by atoms with van der Waals surface area (Å²) >= 11 is 0. The first-order chi connectivity index (χ1) is 7.68. The van der Waals surface area contributed by atoms with Gasteiger partial charge >= 0.3 is 0 Å². The predicted octanol–water partition coefficient (Wildman–Crippen LogP) is 3.92. The molecule has 0 spiro atoms. The molecule has 0 aromatic heterocycles. The summed E-state index contributed by atoms with van der Waals surface area (Å²) in [5.41, 5.74) is 3.62. The van der Waals surface area contributed by atoms with Gasteiger partial charge in [0.2, 0.25) is 0 Å². The van der Waals surface area contributed by atoms with Crippen LogP contribution in [-0.2, 0) is 0 Å². The molecular formula is C15H22O. The SMILES string of the molecule is Cc1cccc(C)c1C(O)CC1CCCC1. The molecule has 1 fully saturated rings. The van der Waals surface area contributed by atoms with Crippen LogP contribution in [-0.4, -0.2) is 5.11 Å². The number of aliphatic hydroxyl groups excluding tert-OH is 1. The lowest BCUT2D eigenvalue weighted by Crippen LogP contribution is -2.07. The van der Waals surface area contributed by atoms with E-state index in [1.54, 1.807) is 0 Å². The summed E-state index contributed by atoms with van der Waals surface area (Å²) < 4.78 is 0. The fourth-order valence-corrected chi connectivity index (χ4v) is 3.03. The van der Waals surface area contributed by atoms with E-state index in [4.69, 9.17) is 0 Å². The maximum atomic E-state index is 10.3. The minimum Gasteiger partial charge on any atom is -0.388 e. The number of aliphatic hydroxyl groups is 1. The summed E-state index contributed by atoms with van der Waals surface area (Å²) in [4.78, 5) is 0. The van der Waals surface area contributed by atoms with Gasteiger partial charge in [0, 0.05) is 0 Å². The van der Waals surface area contributed by atoms with Gasteiger partial charge in [0.05, 0.1) is 6.10 Å². The lowest BCUT2D eigenvalue weighted by Gasteiger charge is -2.19. The number of rotatable bonds is 3. The standard InChI is InChI=1S/C15H22O/c1-11-6-5-7-12(2)15(11)14(16)10-13-8-3-4-9-13/h5-7,13-14,16H,3-4,8-10H2,1-2H3. The normalized spacial score (nSPS) is 18.9. The molecular weight excluding hydrogens is 196 g/mol. The van der Waals surface area contributed by atoms with Gasteiger partial charge in [0.25, 0.3) is 0 Å². The van der Waals surface area contributed by atoms with Crippen molar-refractivity contribution in [3.8, 4) is 0 Å². The number of benzene rings is 1. The van der Waals surface area contributed by atoms with Crippen LogP contribution >= 0.6 is 0 Å². The molecule has 1 aromatic rings. The van der Waals surface area contributed by atoms with E-state index < -0.39 is 0 Å². The number of aryl methyl sites for hydroxylation is 2. The first-order valence-electron chi connectivity index (χ1n) is 6.42. The van der Waals surface area contributed by atoms with Crippen LogP contribution in [0.3, 0.4) is 0 Å². The number of hydrogen-bond donors (Lipinski definition) is 1. The van der Waals surface area contributed by atoms with Crippen LogP contribution in [0, 0.1) is 19.8 Å². The first kappa shape index (κ1) is 11.7. The van der Waals surface area contributed by atoms with E-state index in [0.717, 1.165) is 17.9 Å². The van der Waals surface area contributed by atoms with E-state index in [2.05, 4.69) is 32.0 Å². The van der Waals surface area contributed by atoms with Gasteiger partial charge < -0.3 is 5.11 Å². The summed E-state index contributed by atoms with van der Waals surface area (Å²) in [6.07, 6.45) is 6.01. The molecule has 0 amide bonds. The zero-order valence-corrected chi connectivity index (χ0v) is 10.4. The summed E-state index contributed by atoms with van der Waals surface area (Å²) in [6.45, 7) is 4.19. The van der Waals surface area contributed by atoms with Crippen molar-refractivity contribution in [2.24, 2.45) is 5.92 Å². The van der Waals surface area contributed by atoms with Gasteiger partial charge in [0.1, 0.15) is 0 Å². The minimum absolute atomic E-state index is 0.260. The largest absolute Gasteiger partial charge is 0.388 e. The molecule has 0 radical (unpaired) electrons. The van der Waals surface area contributed by atoms with Crippen molar-refractivity contribution in [1.82, 2.24) is 0 Å². The summed E-state index contributed by atoms with van der Waals surface area (Å²) in [5, 5.41) is 10.3. The van der Waals surface area contributed by atoms with Gasteiger partial charge in [-0.05, 0) is 42.9 Å². The van der Waals surface area contributed by atoms with Crippen LogP contribution in [0.1, 0.15) is 54.9 Å². The molecule has 88 valence electrons. The van der Waals surface area contributed by atoms with Gasteiger partial charge in [-0.2, -0.15) is 0 Å². The van der Waals surface area contributed by atoms with Crippen molar-refractivity contribution in [2.45, 2.75) is 52.1 Å². The van der Waals surface area contributed by atoms with Crippen LogP contribution in [0.25, 0.3) is 0 Å². The molecule has 0 heterocycles. The van der Waals surface area contributed by atoms with E-state index >= 15 is 0 Å². The maximum absolute atomic E-state index is 10.3. The third-order valence-electron chi connectivity index (χ3n) is 3.91. The molecule has 0 aliphatic heterocycles. The van der Waals surface area contributed by atoms with Gasteiger partial charge in [-0.15, -0.1) is 0 Å². The molecule has 0 saturated heterocycles. The van der Waals surface area contributed by atoms with Crippen LogP contribution in [0.4, 0.5) is 0 Å². The monoisotopic (exact) mass is 218 g/mol. The lowest BCUT2D eigenvalue weighted by atomic mass is 9.91. The van der Waals surface area contributed by atoms with Crippen molar-refractivity contribution in [1.29, 1.82) is 0 Å². The molecule has 2 rings (SSSR count). The highest BCUT2D eigenvalue weighted by molar-refractivity contribution is 5.35. The second-order valence-electron chi connectivity index (χ2n) is 5.21. The van der Waals surface area contributed by atoms with Crippen LogP contribution < -0.4 is 0 Å². The zero-order chi connectivity index (χ0) is 11.5. The Balaban J connectivity index is 2.10. The highest BCUT2D eigenvalue weighted by atomic mass is 16.3. The van der Waals surface area contributed by atoms with Gasteiger partial charge in [-0.1, -0.05) is 43.9 Å². The van der Waals surface area contributed by atoms with Gasteiger partial charge in [0.15, 0.2) is 0 Å². The summed E-state index contributed by atoms with van der Waals surface area (Å²) in [5.74, 6) is 0.744. The Kier molecular flexibility index (Phi) is 3.65. The third kappa shape index (κ3) is 2.46. The summed E-state index contributed by atoms with van der Waals surface area (Å²) in [6, 6.07) is 6.26. The Morgan fingerprint density at radius 3 is 2.31 bits per heavy atom. The minimum atomic E-state index is -0.260. The third-order valence-corrected chi connectivity index (χ3v) is 3.91. The van der Waals surface area contributed by atoms with Crippen LogP contribution in [0.5, 0.6) is 0 Å². The van der Waals surface area contributed by atoms with Gasteiger partial charge in [-0.25, -0.2) is 0 Å². The molecule has 1 heteroatoms. The average molecular weight is 218 g/mol. The van der Waals surface area contributed by atoms with Crippen molar-refractivity contribution in [3.63, 3.8) is 0 Å². The van der Waals surface area contributed by atoms with E-state index in [0.29, 0.717) is 0 Å². The number of hydrogen-bond acceptors (Lipinski definition) is 1. The molecule has 1 saturated carbocycles.